The van der Waals surface area contributed by atoms with E-state index in [1.54, 1.807) is 47.4 Å². The summed E-state index contributed by atoms with van der Waals surface area (Å²) in [5.41, 5.74) is 3.04. The first-order valence-electron chi connectivity index (χ1n) is 12.1. The van der Waals surface area contributed by atoms with E-state index in [1.807, 2.05) is 36.4 Å². The molecular formula is C28H32N6O3. The summed E-state index contributed by atoms with van der Waals surface area (Å²) in [4.78, 5) is 16.9. The highest BCUT2D eigenvalue weighted by Gasteiger charge is 2.21. The molecular weight excluding hydrogens is 468 g/mol. The molecule has 0 saturated heterocycles. The van der Waals surface area contributed by atoms with Crippen LogP contribution in [0.4, 0.5) is 22.0 Å². The number of urea groups is 1. The smallest absolute Gasteiger partial charge is 0.324 e. The first-order chi connectivity index (χ1) is 17.8. The Labute approximate surface area is 216 Å². The third-order valence-corrected chi connectivity index (χ3v) is 5.48. The Bertz CT molecular complexity index is 1300. The van der Waals surface area contributed by atoms with Crippen LogP contribution in [0.3, 0.4) is 0 Å². The zero-order valence-electron chi connectivity index (χ0n) is 21.2. The van der Waals surface area contributed by atoms with Gasteiger partial charge in [-0.15, -0.1) is 0 Å². The standard InChI is InChI=1S/C28H32N6O3/c1-28(2,3)25-18-26(34(33-25)22-11-7-20(8-12-22)30-16-5-17-35)32-27(36)31-21-9-13-23(14-10-21)37-24-6-4-15-29-19-24/h4,6-15,18-19,30,35H,5,16-17H2,1-3H3,(H2,31,32,36). The van der Waals surface area contributed by atoms with E-state index in [1.165, 1.54) is 0 Å². The molecule has 0 unspecified atom stereocenters. The third-order valence-electron chi connectivity index (χ3n) is 5.48. The zero-order valence-corrected chi connectivity index (χ0v) is 21.2. The van der Waals surface area contributed by atoms with Gasteiger partial charge >= 0.3 is 6.03 Å². The number of anilines is 3. The fraction of sp³-hybridized carbons (Fsp3) is 0.250. The molecule has 2 heterocycles. The van der Waals surface area contributed by atoms with Crippen LogP contribution in [-0.4, -0.2) is 39.1 Å². The summed E-state index contributed by atoms with van der Waals surface area (Å²) in [5, 5.41) is 22.8. The number of amides is 2. The number of aliphatic hydroxyl groups excluding tert-OH is 1. The van der Waals surface area contributed by atoms with Gasteiger partial charge in [0.1, 0.15) is 17.3 Å². The SMILES string of the molecule is CC(C)(C)c1cc(NC(=O)Nc2ccc(Oc3cccnc3)cc2)n(-c2ccc(NCCCO)cc2)n1. The van der Waals surface area contributed by atoms with Gasteiger partial charge in [0, 0.05) is 42.2 Å². The van der Waals surface area contributed by atoms with Gasteiger partial charge in [0.15, 0.2) is 0 Å². The minimum absolute atomic E-state index is 0.147. The van der Waals surface area contributed by atoms with Gasteiger partial charge in [-0.2, -0.15) is 5.10 Å². The summed E-state index contributed by atoms with van der Waals surface area (Å²) in [6.45, 7) is 7.07. The minimum Gasteiger partial charge on any atom is -0.456 e. The van der Waals surface area contributed by atoms with E-state index in [2.05, 4.69) is 41.7 Å². The maximum Gasteiger partial charge on any atom is 0.324 e. The number of carbonyl (C=O) groups excluding carboxylic acids is 1. The van der Waals surface area contributed by atoms with Crippen molar-refractivity contribution in [3.8, 4) is 17.2 Å². The summed E-state index contributed by atoms with van der Waals surface area (Å²) < 4.78 is 7.48. The van der Waals surface area contributed by atoms with Crippen LogP contribution in [0.2, 0.25) is 0 Å². The van der Waals surface area contributed by atoms with E-state index < -0.39 is 0 Å². The average Bonchev–Trinajstić information content (AvgIpc) is 3.31. The van der Waals surface area contributed by atoms with Gasteiger partial charge in [0.2, 0.25) is 0 Å². The maximum atomic E-state index is 12.9. The second kappa shape index (κ2) is 11.6. The molecule has 0 aliphatic rings. The largest absolute Gasteiger partial charge is 0.456 e. The minimum atomic E-state index is -0.384. The van der Waals surface area contributed by atoms with Crippen molar-refractivity contribution in [1.82, 2.24) is 14.8 Å². The van der Waals surface area contributed by atoms with Crippen molar-refractivity contribution in [2.45, 2.75) is 32.6 Å². The molecule has 0 spiro atoms. The second-order valence-corrected chi connectivity index (χ2v) is 9.52. The molecule has 37 heavy (non-hydrogen) atoms. The van der Waals surface area contributed by atoms with Gasteiger partial charge in [-0.25, -0.2) is 9.48 Å². The average molecular weight is 501 g/mol. The van der Waals surface area contributed by atoms with Crippen molar-refractivity contribution in [1.29, 1.82) is 0 Å². The topological polar surface area (TPSA) is 113 Å². The Morgan fingerprint density at radius 2 is 1.70 bits per heavy atom. The van der Waals surface area contributed by atoms with E-state index >= 15 is 0 Å². The lowest BCUT2D eigenvalue weighted by Gasteiger charge is -2.14. The molecule has 2 aromatic carbocycles. The van der Waals surface area contributed by atoms with Crippen LogP contribution in [0.5, 0.6) is 11.5 Å². The van der Waals surface area contributed by atoms with E-state index in [0.717, 1.165) is 17.1 Å². The molecule has 4 aromatic rings. The van der Waals surface area contributed by atoms with Crippen LogP contribution in [0.15, 0.2) is 79.1 Å². The third kappa shape index (κ3) is 7.08. The molecule has 9 nitrogen and oxygen atoms in total. The molecule has 4 N–H and O–H groups in total. The molecule has 0 radical (unpaired) electrons. The van der Waals surface area contributed by atoms with E-state index in [9.17, 15) is 4.79 Å². The van der Waals surface area contributed by atoms with Crippen molar-refractivity contribution >= 4 is 23.2 Å². The van der Waals surface area contributed by atoms with E-state index in [0.29, 0.717) is 36.0 Å². The Hall–Kier alpha value is -4.37. The van der Waals surface area contributed by atoms with Crippen LogP contribution in [0.1, 0.15) is 32.9 Å². The van der Waals surface area contributed by atoms with Gasteiger partial charge in [0.05, 0.1) is 17.6 Å². The number of nitrogens with one attached hydrogen (secondary N) is 3. The summed E-state index contributed by atoms with van der Waals surface area (Å²) in [6.07, 6.45) is 4.00. The second-order valence-electron chi connectivity index (χ2n) is 9.52. The van der Waals surface area contributed by atoms with E-state index in [4.69, 9.17) is 14.9 Å². The number of rotatable bonds is 9. The molecule has 0 bridgehead atoms. The number of hydrogen-bond acceptors (Lipinski definition) is 6. The van der Waals surface area contributed by atoms with Gasteiger partial charge in [-0.3, -0.25) is 10.3 Å². The predicted molar refractivity (Wildman–Crippen MR) is 146 cm³/mol. The summed E-state index contributed by atoms with van der Waals surface area (Å²) in [7, 11) is 0. The Morgan fingerprint density at radius 1 is 0.973 bits per heavy atom. The number of nitrogens with zero attached hydrogens (tertiary/aromatic N) is 3. The highest BCUT2D eigenvalue weighted by Crippen LogP contribution is 2.27. The van der Waals surface area contributed by atoms with Crippen molar-refractivity contribution in [2.24, 2.45) is 0 Å². The molecule has 2 amide bonds. The quantitative estimate of drug-likeness (QED) is 0.216. The fourth-order valence-corrected chi connectivity index (χ4v) is 3.49. The van der Waals surface area contributed by atoms with Gasteiger partial charge in [0.25, 0.3) is 0 Å². The van der Waals surface area contributed by atoms with Crippen molar-refractivity contribution < 1.29 is 14.6 Å². The summed E-state index contributed by atoms with van der Waals surface area (Å²) in [5.74, 6) is 1.83. The molecule has 0 atom stereocenters. The molecule has 0 aliphatic carbocycles. The van der Waals surface area contributed by atoms with Crippen molar-refractivity contribution in [3.05, 3.63) is 84.8 Å². The Kier molecular flexibility index (Phi) is 8.05. The normalized spacial score (nSPS) is 11.1. The van der Waals surface area contributed by atoms with Gasteiger partial charge in [-0.05, 0) is 67.1 Å². The molecule has 9 heteroatoms. The molecule has 2 aromatic heterocycles. The highest BCUT2D eigenvalue weighted by molar-refractivity contribution is 5.99. The molecule has 4 rings (SSSR count). The Balaban J connectivity index is 1.46. The van der Waals surface area contributed by atoms with Crippen LogP contribution in [0.25, 0.3) is 5.69 Å². The van der Waals surface area contributed by atoms with Crippen molar-refractivity contribution in [2.75, 3.05) is 29.1 Å². The summed E-state index contributed by atoms with van der Waals surface area (Å²) in [6, 6.07) is 20.0. The fourth-order valence-electron chi connectivity index (χ4n) is 3.49. The van der Waals surface area contributed by atoms with Gasteiger partial charge in [-0.1, -0.05) is 20.8 Å². The maximum absolute atomic E-state index is 12.9. The summed E-state index contributed by atoms with van der Waals surface area (Å²) >= 11 is 0. The number of pyridine rings is 1. The first-order valence-corrected chi connectivity index (χ1v) is 12.1. The first kappa shape index (κ1) is 25.7. The molecule has 192 valence electrons. The number of hydrogen-bond donors (Lipinski definition) is 4. The van der Waals surface area contributed by atoms with Crippen LogP contribution in [0, 0.1) is 0 Å². The molecule has 0 aliphatic heterocycles. The highest BCUT2D eigenvalue weighted by atomic mass is 16.5. The van der Waals surface area contributed by atoms with E-state index in [-0.39, 0.29) is 18.1 Å². The van der Waals surface area contributed by atoms with Crippen molar-refractivity contribution in [3.63, 3.8) is 0 Å². The predicted octanol–water partition coefficient (Wildman–Crippen LogP) is 5.80. The lowest BCUT2D eigenvalue weighted by atomic mass is 9.92. The molecule has 0 fully saturated rings. The van der Waals surface area contributed by atoms with Gasteiger partial charge < -0.3 is 20.5 Å². The van der Waals surface area contributed by atoms with Crippen LogP contribution in [-0.2, 0) is 5.41 Å². The number of aromatic nitrogens is 3. The lowest BCUT2D eigenvalue weighted by molar-refractivity contribution is 0.262. The number of aliphatic hydroxyl groups is 1. The number of carbonyl (C=O) groups is 1. The number of benzene rings is 2. The zero-order chi connectivity index (χ0) is 26.3. The Morgan fingerprint density at radius 3 is 2.35 bits per heavy atom. The van der Waals surface area contributed by atoms with Crippen LogP contribution >= 0.6 is 0 Å². The monoisotopic (exact) mass is 500 g/mol. The number of ether oxygens (including phenoxy) is 1. The lowest BCUT2D eigenvalue weighted by Crippen LogP contribution is -2.21. The van der Waals surface area contributed by atoms with Crippen LogP contribution < -0.4 is 20.7 Å². The molecule has 0 saturated carbocycles.